The third-order valence-electron chi connectivity index (χ3n) is 4.87. The molecule has 0 bridgehead atoms. The first kappa shape index (κ1) is 16.9. The molecule has 1 aromatic carbocycles. The minimum absolute atomic E-state index is 0.0291. The number of benzene rings is 1. The molecule has 0 radical (unpaired) electrons. The van der Waals surface area contributed by atoms with Crippen LogP contribution in [0.3, 0.4) is 0 Å². The van der Waals surface area contributed by atoms with Crippen molar-refractivity contribution in [1.82, 2.24) is 0 Å². The molecule has 21 heavy (non-hydrogen) atoms. The molecular formula is C17H24BrF2N. The molecule has 0 heterocycles. The summed E-state index contributed by atoms with van der Waals surface area (Å²) in [4.78, 5) is 0. The van der Waals surface area contributed by atoms with E-state index in [-0.39, 0.29) is 22.9 Å². The lowest BCUT2D eigenvalue weighted by atomic mass is 9.66. The Bertz CT molecular complexity index is 510. The third kappa shape index (κ3) is 3.84. The van der Waals surface area contributed by atoms with Gasteiger partial charge in [-0.1, -0.05) is 20.8 Å². The second kappa shape index (κ2) is 6.33. The molecule has 3 atom stereocenters. The van der Waals surface area contributed by atoms with E-state index in [1.165, 1.54) is 12.1 Å². The van der Waals surface area contributed by atoms with E-state index in [9.17, 15) is 8.78 Å². The quantitative estimate of drug-likeness (QED) is 0.733. The Morgan fingerprint density at radius 3 is 2.52 bits per heavy atom. The van der Waals surface area contributed by atoms with Crippen LogP contribution in [0.1, 0.15) is 45.6 Å². The van der Waals surface area contributed by atoms with Crippen LogP contribution in [-0.4, -0.2) is 6.04 Å². The molecule has 0 saturated heterocycles. The van der Waals surface area contributed by atoms with E-state index < -0.39 is 11.6 Å². The number of halogens is 3. The van der Waals surface area contributed by atoms with Crippen LogP contribution in [0.5, 0.6) is 0 Å². The summed E-state index contributed by atoms with van der Waals surface area (Å²) in [5.74, 6) is -0.261. The standard InChI is InChI=1S/C17H24BrF2N/c1-17(2,3)11-4-7-15(21)10(8-11)9-12-14(19)6-5-13(18)16(12)20/h5-6,10-11,15H,4,7-9,21H2,1-3H3. The lowest BCUT2D eigenvalue weighted by molar-refractivity contribution is 0.126. The fraction of sp³-hybridized carbons (Fsp3) is 0.647. The van der Waals surface area contributed by atoms with E-state index in [2.05, 4.69) is 36.7 Å². The van der Waals surface area contributed by atoms with Gasteiger partial charge in [0.15, 0.2) is 0 Å². The Labute approximate surface area is 134 Å². The molecule has 3 unspecified atom stereocenters. The largest absolute Gasteiger partial charge is 0.327 e. The molecule has 2 N–H and O–H groups in total. The van der Waals surface area contributed by atoms with Crippen molar-refractivity contribution >= 4 is 15.9 Å². The van der Waals surface area contributed by atoms with E-state index >= 15 is 0 Å². The average Bonchev–Trinajstić information content (AvgIpc) is 2.40. The van der Waals surface area contributed by atoms with Crippen molar-refractivity contribution < 1.29 is 8.78 Å². The van der Waals surface area contributed by atoms with Crippen molar-refractivity contribution in [3.63, 3.8) is 0 Å². The van der Waals surface area contributed by atoms with Gasteiger partial charge >= 0.3 is 0 Å². The van der Waals surface area contributed by atoms with Crippen LogP contribution in [-0.2, 0) is 6.42 Å². The zero-order chi connectivity index (χ0) is 15.8. The average molecular weight is 360 g/mol. The van der Waals surface area contributed by atoms with Gasteiger partial charge in [-0.05, 0) is 71.0 Å². The number of hydrogen-bond donors (Lipinski definition) is 1. The molecular weight excluding hydrogens is 336 g/mol. The highest BCUT2D eigenvalue weighted by molar-refractivity contribution is 9.10. The Hall–Kier alpha value is -0.480. The van der Waals surface area contributed by atoms with Crippen LogP contribution in [0.15, 0.2) is 16.6 Å². The van der Waals surface area contributed by atoms with E-state index in [1.807, 2.05) is 0 Å². The van der Waals surface area contributed by atoms with Gasteiger partial charge in [0.1, 0.15) is 11.6 Å². The normalized spacial score (nSPS) is 26.9. The molecule has 0 aromatic heterocycles. The summed E-state index contributed by atoms with van der Waals surface area (Å²) in [5.41, 5.74) is 6.60. The van der Waals surface area contributed by atoms with Crippen LogP contribution < -0.4 is 5.73 Å². The molecule has 1 aliphatic carbocycles. The van der Waals surface area contributed by atoms with Crippen LogP contribution >= 0.6 is 15.9 Å². The number of rotatable bonds is 2. The summed E-state index contributed by atoms with van der Waals surface area (Å²) < 4.78 is 28.4. The van der Waals surface area contributed by atoms with Crippen molar-refractivity contribution in [2.45, 2.75) is 52.5 Å². The van der Waals surface area contributed by atoms with Crippen LogP contribution in [0.4, 0.5) is 8.78 Å². The lowest BCUT2D eigenvalue weighted by Crippen LogP contribution is -2.40. The van der Waals surface area contributed by atoms with Gasteiger partial charge in [0.05, 0.1) is 4.47 Å². The van der Waals surface area contributed by atoms with E-state index in [1.54, 1.807) is 0 Å². The Morgan fingerprint density at radius 2 is 1.90 bits per heavy atom. The van der Waals surface area contributed by atoms with Gasteiger partial charge in [0, 0.05) is 11.6 Å². The molecule has 1 nitrogen and oxygen atoms in total. The first-order chi connectivity index (χ1) is 9.70. The smallest absolute Gasteiger partial charge is 0.143 e. The monoisotopic (exact) mass is 359 g/mol. The summed E-state index contributed by atoms with van der Waals surface area (Å²) in [6.45, 7) is 6.68. The molecule has 4 heteroatoms. The van der Waals surface area contributed by atoms with E-state index in [0.717, 1.165) is 19.3 Å². The van der Waals surface area contributed by atoms with E-state index in [4.69, 9.17) is 5.73 Å². The topological polar surface area (TPSA) is 26.0 Å². The molecule has 1 saturated carbocycles. The molecule has 1 aromatic rings. The molecule has 2 rings (SSSR count). The Morgan fingerprint density at radius 1 is 1.24 bits per heavy atom. The zero-order valence-corrected chi connectivity index (χ0v) is 14.5. The highest BCUT2D eigenvalue weighted by atomic mass is 79.9. The highest BCUT2D eigenvalue weighted by Gasteiger charge is 2.35. The predicted octanol–water partition coefficient (Wildman–Crippen LogP) is 5.06. The summed E-state index contributed by atoms with van der Waals surface area (Å²) in [5, 5.41) is 0. The first-order valence-electron chi connectivity index (χ1n) is 7.58. The molecule has 1 fully saturated rings. The van der Waals surface area contributed by atoms with Gasteiger partial charge in [-0.3, -0.25) is 0 Å². The second-order valence-electron chi connectivity index (χ2n) is 7.33. The van der Waals surface area contributed by atoms with Gasteiger partial charge < -0.3 is 5.73 Å². The zero-order valence-electron chi connectivity index (χ0n) is 12.9. The Kier molecular flexibility index (Phi) is 5.09. The third-order valence-corrected chi connectivity index (χ3v) is 5.48. The SMILES string of the molecule is CC(C)(C)C1CCC(N)C(Cc2c(F)ccc(Br)c2F)C1. The molecule has 0 aliphatic heterocycles. The van der Waals surface area contributed by atoms with Gasteiger partial charge in [0.25, 0.3) is 0 Å². The van der Waals surface area contributed by atoms with Crippen LogP contribution in [0.2, 0.25) is 0 Å². The molecule has 0 spiro atoms. The van der Waals surface area contributed by atoms with Crippen molar-refractivity contribution in [1.29, 1.82) is 0 Å². The van der Waals surface area contributed by atoms with Crippen molar-refractivity contribution in [2.24, 2.45) is 23.0 Å². The van der Waals surface area contributed by atoms with E-state index in [0.29, 0.717) is 16.8 Å². The maximum absolute atomic E-state index is 14.1. The van der Waals surface area contributed by atoms with Gasteiger partial charge in [-0.2, -0.15) is 0 Å². The van der Waals surface area contributed by atoms with Crippen molar-refractivity contribution in [3.05, 3.63) is 33.8 Å². The number of nitrogens with two attached hydrogens (primary N) is 1. The highest BCUT2D eigenvalue weighted by Crippen LogP contribution is 2.41. The van der Waals surface area contributed by atoms with Crippen LogP contribution in [0.25, 0.3) is 0 Å². The molecule has 118 valence electrons. The fourth-order valence-corrected chi connectivity index (χ4v) is 3.70. The number of hydrogen-bond acceptors (Lipinski definition) is 1. The predicted molar refractivity (Wildman–Crippen MR) is 86.0 cm³/mol. The fourth-order valence-electron chi connectivity index (χ4n) is 3.33. The maximum atomic E-state index is 14.1. The van der Waals surface area contributed by atoms with Crippen molar-refractivity contribution in [3.8, 4) is 0 Å². The summed E-state index contributed by atoms with van der Waals surface area (Å²) >= 11 is 3.13. The van der Waals surface area contributed by atoms with Gasteiger partial charge in [-0.25, -0.2) is 8.78 Å². The Balaban J connectivity index is 2.20. The first-order valence-corrected chi connectivity index (χ1v) is 8.37. The molecule has 1 aliphatic rings. The maximum Gasteiger partial charge on any atom is 0.143 e. The minimum Gasteiger partial charge on any atom is -0.327 e. The van der Waals surface area contributed by atoms with Gasteiger partial charge in [0.2, 0.25) is 0 Å². The van der Waals surface area contributed by atoms with Crippen LogP contribution in [0, 0.1) is 28.9 Å². The summed E-state index contributed by atoms with van der Waals surface area (Å²) in [6.07, 6.45) is 3.36. The summed E-state index contributed by atoms with van der Waals surface area (Å²) in [6, 6.07) is 2.76. The van der Waals surface area contributed by atoms with Gasteiger partial charge in [-0.15, -0.1) is 0 Å². The van der Waals surface area contributed by atoms with Crippen molar-refractivity contribution in [2.75, 3.05) is 0 Å². The second-order valence-corrected chi connectivity index (χ2v) is 8.18. The minimum atomic E-state index is -0.486. The molecule has 0 amide bonds. The summed E-state index contributed by atoms with van der Waals surface area (Å²) in [7, 11) is 0. The lowest BCUT2D eigenvalue weighted by Gasteiger charge is -2.40.